The van der Waals surface area contributed by atoms with Gasteiger partial charge in [0.15, 0.2) is 6.10 Å². The molecule has 1 aliphatic heterocycles. The molecule has 0 aromatic carbocycles. The molecule has 0 spiro atoms. The monoisotopic (exact) mass is 217 g/mol. The molecular weight excluding hydrogens is 206 g/mol. The highest BCUT2D eigenvalue weighted by atomic mass is 16.6. The molecule has 4 unspecified atom stereocenters. The van der Waals surface area contributed by atoms with Crippen molar-refractivity contribution in [2.75, 3.05) is 13.7 Å². The zero-order chi connectivity index (χ0) is 11.4. The van der Waals surface area contributed by atoms with E-state index in [1.165, 1.54) is 0 Å². The summed E-state index contributed by atoms with van der Waals surface area (Å²) in [5.74, 6) is -0.773. The summed E-state index contributed by atoms with van der Waals surface area (Å²) in [7, 11) is 1.14. The van der Waals surface area contributed by atoms with Gasteiger partial charge in [-0.3, -0.25) is 0 Å². The Balaban J connectivity index is 2.66. The Labute approximate surface area is 85.0 Å². The molecule has 1 rings (SSSR count). The molecule has 4 atom stereocenters. The molecule has 1 fully saturated rings. The second-order valence-electron chi connectivity index (χ2n) is 3.01. The lowest BCUT2D eigenvalue weighted by Crippen LogP contribution is -2.37. The number of esters is 1. The summed E-state index contributed by atoms with van der Waals surface area (Å²) in [6.45, 7) is -0.151. The maximum atomic E-state index is 11.1. The summed E-state index contributed by atoms with van der Waals surface area (Å²) in [6, 6.07) is 0. The Hall–Kier alpha value is -1.34. The van der Waals surface area contributed by atoms with Crippen LogP contribution in [-0.4, -0.2) is 54.3 Å². The largest absolute Gasteiger partial charge is 0.467 e. The predicted octanol–water partition coefficient (Wildman–Crippen LogP) is -1.04. The van der Waals surface area contributed by atoms with Crippen molar-refractivity contribution in [1.29, 1.82) is 0 Å². The van der Waals surface area contributed by atoms with Crippen molar-refractivity contribution >= 4 is 5.97 Å². The molecule has 0 bridgehead atoms. The molecule has 1 heterocycles. The first-order chi connectivity index (χ1) is 7.11. The van der Waals surface area contributed by atoms with Gasteiger partial charge in [0.1, 0.15) is 12.2 Å². The highest BCUT2D eigenvalue weighted by Gasteiger charge is 2.46. The van der Waals surface area contributed by atoms with Gasteiger partial charge in [-0.05, 0) is 5.53 Å². The lowest BCUT2D eigenvalue weighted by atomic mass is 10.1. The molecule has 84 valence electrons. The number of methoxy groups -OCH3 is 1. The third-order valence-electron chi connectivity index (χ3n) is 2.12. The van der Waals surface area contributed by atoms with E-state index in [0.717, 1.165) is 7.11 Å². The summed E-state index contributed by atoms with van der Waals surface area (Å²) in [6.07, 6.45) is -4.75. The van der Waals surface area contributed by atoms with E-state index in [1.807, 2.05) is 0 Å². The van der Waals surface area contributed by atoms with Gasteiger partial charge in [0.25, 0.3) is 0 Å². The van der Waals surface area contributed by atoms with Crippen molar-refractivity contribution in [2.24, 2.45) is 5.11 Å². The van der Waals surface area contributed by atoms with E-state index in [-0.39, 0.29) is 6.54 Å². The first-order valence-electron chi connectivity index (χ1n) is 4.22. The molecule has 8 heteroatoms. The molecule has 8 nitrogen and oxygen atoms in total. The van der Waals surface area contributed by atoms with Gasteiger partial charge in [-0.1, -0.05) is 5.11 Å². The number of hydrogen-bond donors (Lipinski definition) is 2. The minimum atomic E-state index is -1.36. The number of azide groups is 1. The zero-order valence-corrected chi connectivity index (χ0v) is 7.98. The van der Waals surface area contributed by atoms with E-state index in [9.17, 15) is 15.0 Å². The number of carbonyl (C=O) groups is 1. The van der Waals surface area contributed by atoms with Crippen LogP contribution in [0, 0.1) is 0 Å². The molecule has 0 aliphatic carbocycles. The molecule has 2 N–H and O–H groups in total. The first kappa shape index (κ1) is 11.7. The molecule has 15 heavy (non-hydrogen) atoms. The number of nitrogens with zero attached hydrogens (tertiary/aromatic N) is 3. The van der Waals surface area contributed by atoms with Crippen LogP contribution in [0.3, 0.4) is 0 Å². The van der Waals surface area contributed by atoms with Crippen molar-refractivity contribution < 1.29 is 24.5 Å². The highest BCUT2D eigenvalue weighted by Crippen LogP contribution is 2.22. The van der Waals surface area contributed by atoms with E-state index in [0.29, 0.717) is 0 Å². The fourth-order valence-electron chi connectivity index (χ4n) is 1.33. The van der Waals surface area contributed by atoms with Crippen LogP contribution in [0.15, 0.2) is 5.11 Å². The van der Waals surface area contributed by atoms with Crippen LogP contribution in [0.2, 0.25) is 0 Å². The Morgan fingerprint density at radius 1 is 1.60 bits per heavy atom. The van der Waals surface area contributed by atoms with Crippen LogP contribution in [0.4, 0.5) is 0 Å². The molecule has 0 amide bonds. The van der Waals surface area contributed by atoms with Gasteiger partial charge in [-0.15, -0.1) is 0 Å². The topological polar surface area (TPSA) is 125 Å². The summed E-state index contributed by atoms with van der Waals surface area (Å²) in [5.41, 5.74) is 8.07. The molecule has 1 saturated heterocycles. The summed E-state index contributed by atoms with van der Waals surface area (Å²) in [4.78, 5) is 13.6. The summed E-state index contributed by atoms with van der Waals surface area (Å²) in [5, 5.41) is 22.0. The lowest BCUT2D eigenvalue weighted by Gasteiger charge is -2.11. The SMILES string of the molecule is COC(=O)C1OC(CN=[N+]=[N-])C(O)C1O. The number of rotatable bonds is 3. The molecule has 0 aromatic heterocycles. The van der Waals surface area contributed by atoms with Crippen molar-refractivity contribution in [1.82, 2.24) is 0 Å². The average molecular weight is 217 g/mol. The van der Waals surface area contributed by atoms with Crippen LogP contribution < -0.4 is 0 Å². The van der Waals surface area contributed by atoms with Gasteiger partial charge in [-0.25, -0.2) is 4.79 Å². The maximum absolute atomic E-state index is 11.1. The van der Waals surface area contributed by atoms with Crippen LogP contribution in [0.5, 0.6) is 0 Å². The van der Waals surface area contributed by atoms with Gasteiger partial charge in [-0.2, -0.15) is 0 Å². The van der Waals surface area contributed by atoms with E-state index >= 15 is 0 Å². The minimum Gasteiger partial charge on any atom is -0.467 e. The van der Waals surface area contributed by atoms with Gasteiger partial charge < -0.3 is 19.7 Å². The number of aliphatic hydroxyl groups is 2. The Kier molecular flexibility index (Phi) is 3.87. The second-order valence-corrected chi connectivity index (χ2v) is 3.01. The lowest BCUT2D eigenvalue weighted by molar-refractivity contribution is -0.156. The van der Waals surface area contributed by atoms with Crippen molar-refractivity contribution in [3.63, 3.8) is 0 Å². The molecular formula is C7H11N3O5. The van der Waals surface area contributed by atoms with E-state index in [2.05, 4.69) is 14.8 Å². The van der Waals surface area contributed by atoms with E-state index in [1.54, 1.807) is 0 Å². The smallest absolute Gasteiger partial charge is 0.337 e. The molecule has 1 aliphatic rings. The summed E-state index contributed by atoms with van der Waals surface area (Å²) >= 11 is 0. The van der Waals surface area contributed by atoms with Crippen molar-refractivity contribution in [3.05, 3.63) is 10.4 Å². The Morgan fingerprint density at radius 3 is 2.80 bits per heavy atom. The Morgan fingerprint density at radius 2 is 2.27 bits per heavy atom. The number of hydrogen-bond acceptors (Lipinski definition) is 6. The molecule has 0 aromatic rings. The third kappa shape index (κ3) is 2.37. The third-order valence-corrected chi connectivity index (χ3v) is 2.12. The number of aliphatic hydroxyl groups excluding tert-OH is 2. The van der Waals surface area contributed by atoms with E-state index in [4.69, 9.17) is 10.3 Å². The Bertz CT molecular complexity index is 290. The molecule has 0 radical (unpaired) electrons. The average Bonchev–Trinajstić information content (AvgIpc) is 2.53. The zero-order valence-electron chi connectivity index (χ0n) is 7.98. The fourth-order valence-corrected chi connectivity index (χ4v) is 1.33. The predicted molar refractivity (Wildman–Crippen MR) is 46.7 cm³/mol. The molecule has 0 saturated carbocycles. The number of carbonyl (C=O) groups excluding carboxylic acids is 1. The highest BCUT2D eigenvalue weighted by molar-refractivity contribution is 5.75. The fraction of sp³-hybridized carbons (Fsp3) is 0.857. The van der Waals surface area contributed by atoms with E-state index < -0.39 is 30.4 Å². The van der Waals surface area contributed by atoms with Crippen LogP contribution >= 0.6 is 0 Å². The number of ether oxygens (including phenoxy) is 2. The van der Waals surface area contributed by atoms with Crippen molar-refractivity contribution in [2.45, 2.75) is 24.4 Å². The van der Waals surface area contributed by atoms with Crippen LogP contribution in [-0.2, 0) is 14.3 Å². The van der Waals surface area contributed by atoms with Gasteiger partial charge in [0.05, 0.1) is 19.8 Å². The van der Waals surface area contributed by atoms with Crippen LogP contribution in [0.1, 0.15) is 0 Å². The van der Waals surface area contributed by atoms with Gasteiger partial charge in [0.2, 0.25) is 0 Å². The normalized spacial score (nSPS) is 34.6. The van der Waals surface area contributed by atoms with Gasteiger partial charge >= 0.3 is 5.97 Å². The van der Waals surface area contributed by atoms with Crippen molar-refractivity contribution in [3.8, 4) is 0 Å². The minimum absolute atomic E-state index is 0.151. The summed E-state index contributed by atoms with van der Waals surface area (Å²) < 4.78 is 9.37. The van der Waals surface area contributed by atoms with Crippen LogP contribution in [0.25, 0.3) is 10.4 Å². The maximum Gasteiger partial charge on any atom is 0.337 e. The van der Waals surface area contributed by atoms with Gasteiger partial charge in [0, 0.05) is 4.91 Å². The quantitative estimate of drug-likeness (QED) is 0.270. The standard InChI is InChI=1S/C7H11N3O5/c1-14-7(13)6-5(12)4(11)3(15-6)2-9-10-8/h3-6,11-12H,2H2,1H3. The first-order valence-corrected chi connectivity index (χ1v) is 4.22. The second kappa shape index (κ2) is 4.94.